The minimum Gasteiger partial charge on any atom is -0.497 e. The van der Waals surface area contributed by atoms with Crippen LogP contribution >= 0.6 is 0 Å². The lowest BCUT2D eigenvalue weighted by atomic mass is 10.2. The number of hydrogen-bond acceptors (Lipinski definition) is 5. The van der Waals surface area contributed by atoms with Crippen LogP contribution in [0.2, 0.25) is 0 Å². The van der Waals surface area contributed by atoms with Gasteiger partial charge in [0.1, 0.15) is 11.6 Å². The van der Waals surface area contributed by atoms with Gasteiger partial charge in [0, 0.05) is 37.9 Å². The Labute approximate surface area is 168 Å². The van der Waals surface area contributed by atoms with Gasteiger partial charge in [0.2, 0.25) is 0 Å². The van der Waals surface area contributed by atoms with Crippen LogP contribution in [0.1, 0.15) is 5.56 Å². The van der Waals surface area contributed by atoms with Gasteiger partial charge >= 0.3 is 5.69 Å². The monoisotopic (exact) mass is 392 g/mol. The summed E-state index contributed by atoms with van der Waals surface area (Å²) < 4.78 is 6.40. The number of piperazine rings is 1. The number of hydrogen-bond donors (Lipinski definition) is 1. The van der Waals surface area contributed by atoms with Crippen molar-refractivity contribution in [3.63, 3.8) is 0 Å². The number of aryl methyl sites for hydroxylation is 1. The number of anilines is 2. The van der Waals surface area contributed by atoms with Gasteiger partial charge in [-0.05, 0) is 42.8 Å². The number of rotatable bonds is 4. The predicted molar refractivity (Wildman–Crippen MR) is 115 cm³/mol. The Morgan fingerprint density at radius 2 is 1.55 bits per heavy atom. The summed E-state index contributed by atoms with van der Waals surface area (Å²) in [7, 11) is 1.65. The molecule has 29 heavy (non-hydrogen) atoms. The molecule has 1 fully saturated rings. The number of ether oxygens (including phenoxy) is 1. The van der Waals surface area contributed by atoms with E-state index >= 15 is 0 Å². The molecule has 1 N–H and O–H groups in total. The van der Waals surface area contributed by atoms with E-state index in [1.807, 2.05) is 54.3 Å². The van der Waals surface area contributed by atoms with Gasteiger partial charge in [-0.2, -0.15) is 0 Å². The van der Waals surface area contributed by atoms with Crippen LogP contribution in [0.25, 0.3) is 5.69 Å². The number of nitrogens with one attached hydrogen (secondary N) is 1. The molecule has 7 nitrogen and oxygen atoms in total. The third-order valence-corrected chi connectivity index (χ3v) is 5.33. The van der Waals surface area contributed by atoms with Gasteiger partial charge in [-0.3, -0.25) is 9.78 Å². The number of H-pyrrole nitrogens is 1. The molecule has 3 aromatic rings. The molecule has 1 aromatic heterocycles. The van der Waals surface area contributed by atoms with E-state index in [1.54, 1.807) is 13.2 Å². The lowest BCUT2D eigenvalue weighted by Gasteiger charge is -2.37. The van der Waals surface area contributed by atoms with E-state index in [0.29, 0.717) is 11.5 Å². The number of aromatic nitrogens is 2. The van der Waals surface area contributed by atoms with Crippen LogP contribution in [0.3, 0.4) is 0 Å². The van der Waals surface area contributed by atoms with Gasteiger partial charge in [0.05, 0.1) is 12.8 Å². The molecular formula is C22H24N4O3. The fourth-order valence-electron chi connectivity index (χ4n) is 3.69. The van der Waals surface area contributed by atoms with E-state index in [1.165, 1.54) is 10.6 Å². The molecule has 0 radical (unpaired) electrons. The first-order valence-corrected chi connectivity index (χ1v) is 9.63. The van der Waals surface area contributed by atoms with E-state index in [9.17, 15) is 9.59 Å². The molecule has 1 aliphatic heterocycles. The number of para-hydroxylation sites is 1. The maximum Gasteiger partial charge on any atom is 0.334 e. The number of benzene rings is 2. The highest BCUT2D eigenvalue weighted by Gasteiger charge is 2.20. The predicted octanol–water partition coefficient (Wildman–Crippen LogP) is 2.17. The molecule has 2 aromatic carbocycles. The van der Waals surface area contributed by atoms with Gasteiger partial charge in [0.25, 0.3) is 5.56 Å². The fraction of sp³-hybridized carbons (Fsp3) is 0.273. The zero-order chi connectivity index (χ0) is 20.4. The van der Waals surface area contributed by atoms with Crippen LogP contribution in [0, 0.1) is 6.92 Å². The molecule has 0 spiro atoms. The van der Waals surface area contributed by atoms with Crippen LogP contribution in [0.15, 0.2) is 64.2 Å². The van der Waals surface area contributed by atoms with Gasteiger partial charge in [-0.1, -0.05) is 18.2 Å². The van der Waals surface area contributed by atoms with Crippen molar-refractivity contribution in [3.05, 3.63) is 81.0 Å². The first kappa shape index (κ1) is 18.9. The minimum absolute atomic E-state index is 0.323. The quantitative estimate of drug-likeness (QED) is 0.737. The summed E-state index contributed by atoms with van der Waals surface area (Å²) in [6.07, 6.45) is 0. The highest BCUT2D eigenvalue weighted by molar-refractivity contribution is 5.51. The summed E-state index contributed by atoms with van der Waals surface area (Å²) in [5.41, 5.74) is 1.87. The first-order valence-electron chi connectivity index (χ1n) is 9.63. The van der Waals surface area contributed by atoms with E-state index < -0.39 is 5.69 Å². The largest absolute Gasteiger partial charge is 0.497 e. The van der Waals surface area contributed by atoms with Crippen LogP contribution < -0.4 is 25.8 Å². The smallest absolute Gasteiger partial charge is 0.334 e. The van der Waals surface area contributed by atoms with Crippen molar-refractivity contribution in [1.82, 2.24) is 9.55 Å². The van der Waals surface area contributed by atoms with E-state index in [-0.39, 0.29) is 5.56 Å². The van der Waals surface area contributed by atoms with Crippen molar-refractivity contribution in [1.29, 1.82) is 0 Å². The summed E-state index contributed by atoms with van der Waals surface area (Å²) in [4.78, 5) is 32.6. The molecular weight excluding hydrogens is 368 g/mol. The molecule has 0 atom stereocenters. The van der Waals surface area contributed by atoms with Gasteiger partial charge < -0.3 is 14.5 Å². The Kier molecular flexibility index (Phi) is 5.12. The molecule has 1 saturated heterocycles. The van der Waals surface area contributed by atoms with Crippen molar-refractivity contribution in [2.75, 3.05) is 43.1 Å². The Morgan fingerprint density at radius 1 is 0.897 bits per heavy atom. The lowest BCUT2D eigenvalue weighted by molar-refractivity contribution is 0.415. The van der Waals surface area contributed by atoms with Crippen LogP contribution in [-0.4, -0.2) is 42.8 Å². The Hall–Kier alpha value is -3.48. The summed E-state index contributed by atoms with van der Waals surface area (Å²) in [5, 5.41) is 0. The first-order chi connectivity index (χ1) is 14.1. The molecule has 0 unspecified atom stereocenters. The second-order valence-electron chi connectivity index (χ2n) is 7.09. The minimum atomic E-state index is -0.417. The van der Waals surface area contributed by atoms with Crippen molar-refractivity contribution in [2.45, 2.75) is 6.92 Å². The maximum atomic E-state index is 12.7. The molecule has 0 amide bonds. The zero-order valence-corrected chi connectivity index (χ0v) is 16.6. The van der Waals surface area contributed by atoms with Crippen LogP contribution in [-0.2, 0) is 0 Å². The lowest BCUT2D eigenvalue weighted by Crippen LogP contribution is -2.48. The van der Waals surface area contributed by atoms with Crippen molar-refractivity contribution < 1.29 is 4.74 Å². The Bertz CT molecular complexity index is 1080. The third kappa shape index (κ3) is 3.76. The molecule has 150 valence electrons. The van der Waals surface area contributed by atoms with Crippen molar-refractivity contribution in [3.8, 4) is 11.4 Å². The molecule has 0 aliphatic carbocycles. The molecule has 2 heterocycles. The highest BCUT2D eigenvalue weighted by atomic mass is 16.5. The summed E-state index contributed by atoms with van der Waals surface area (Å²) in [5.74, 6) is 1.40. The summed E-state index contributed by atoms with van der Waals surface area (Å²) in [6, 6.07) is 16.9. The van der Waals surface area contributed by atoms with Crippen molar-refractivity contribution >= 4 is 11.5 Å². The van der Waals surface area contributed by atoms with Gasteiger partial charge in [-0.15, -0.1) is 0 Å². The van der Waals surface area contributed by atoms with Crippen LogP contribution in [0.5, 0.6) is 5.75 Å². The molecule has 0 bridgehead atoms. The number of aromatic amines is 1. The Morgan fingerprint density at radius 3 is 2.17 bits per heavy atom. The van der Waals surface area contributed by atoms with Crippen molar-refractivity contribution in [2.24, 2.45) is 0 Å². The average Bonchev–Trinajstić information content (AvgIpc) is 2.75. The van der Waals surface area contributed by atoms with Gasteiger partial charge in [0.15, 0.2) is 0 Å². The second kappa shape index (κ2) is 7.87. The van der Waals surface area contributed by atoms with E-state index in [0.717, 1.165) is 43.2 Å². The number of methoxy groups -OCH3 is 1. The zero-order valence-electron chi connectivity index (χ0n) is 16.6. The SMILES string of the molecule is COc1ccc(N2CCN(c3cc(=O)n(-c4ccccc4C)c(=O)[nH]3)CC2)cc1. The average molecular weight is 392 g/mol. The molecule has 1 aliphatic rings. The normalized spacial score (nSPS) is 14.1. The summed E-state index contributed by atoms with van der Waals surface area (Å²) in [6.45, 7) is 4.92. The molecule has 4 rings (SSSR count). The summed E-state index contributed by atoms with van der Waals surface area (Å²) >= 11 is 0. The van der Waals surface area contributed by atoms with E-state index in [4.69, 9.17) is 4.74 Å². The molecule has 7 heteroatoms. The third-order valence-electron chi connectivity index (χ3n) is 5.33. The second-order valence-corrected chi connectivity index (χ2v) is 7.09. The highest BCUT2D eigenvalue weighted by Crippen LogP contribution is 2.21. The van der Waals surface area contributed by atoms with Crippen LogP contribution in [0.4, 0.5) is 11.5 Å². The Balaban J connectivity index is 1.52. The maximum absolute atomic E-state index is 12.7. The topological polar surface area (TPSA) is 70.6 Å². The molecule has 0 saturated carbocycles. The van der Waals surface area contributed by atoms with E-state index in [2.05, 4.69) is 9.88 Å². The standard InChI is InChI=1S/C22H24N4O3/c1-16-5-3-4-6-19(16)26-21(27)15-20(23-22(26)28)25-13-11-24(12-14-25)17-7-9-18(29-2)10-8-17/h3-10,15H,11-14H2,1-2H3,(H,23,28). The number of nitrogens with zero attached hydrogens (tertiary/aromatic N) is 3. The van der Waals surface area contributed by atoms with Gasteiger partial charge in [-0.25, -0.2) is 9.36 Å². The fourth-order valence-corrected chi connectivity index (χ4v) is 3.69.